The summed E-state index contributed by atoms with van der Waals surface area (Å²) in [5, 5.41) is 3.03. The topological polar surface area (TPSA) is 47.6 Å². The van der Waals surface area contributed by atoms with Gasteiger partial charge in [0.2, 0.25) is 0 Å². The zero-order chi connectivity index (χ0) is 13.1. The highest BCUT2D eigenvalue weighted by molar-refractivity contribution is 5.80. The molecule has 1 N–H and O–H groups in total. The van der Waals surface area contributed by atoms with Gasteiger partial charge >= 0.3 is 5.97 Å². The fourth-order valence-corrected chi connectivity index (χ4v) is 1.50. The van der Waals surface area contributed by atoms with Gasteiger partial charge < -0.3 is 14.8 Å². The molecule has 0 aliphatic rings. The summed E-state index contributed by atoms with van der Waals surface area (Å²) in [5.74, 6) is -0.184. The van der Waals surface area contributed by atoms with E-state index in [4.69, 9.17) is 9.47 Å². The third kappa shape index (κ3) is 6.64. The summed E-state index contributed by atoms with van der Waals surface area (Å²) < 4.78 is 10.5. The number of hydrogen-bond acceptors (Lipinski definition) is 4. The van der Waals surface area contributed by atoms with E-state index in [0.717, 1.165) is 32.3 Å². The summed E-state index contributed by atoms with van der Waals surface area (Å²) in [4.78, 5) is 11.7. The molecule has 17 heavy (non-hydrogen) atoms. The molecule has 0 saturated heterocycles. The summed E-state index contributed by atoms with van der Waals surface area (Å²) in [6.07, 6.45) is 3.84. The molecule has 102 valence electrons. The minimum absolute atomic E-state index is 0.184. The molecule has 4 heteroatoms. The first-order chi connectivity index (χ1) is 8.10. The second-order valence-electron chi connectivity index (χ2n) is 4.37. The maximum absolute atomic E-state index is 11.7. The standard InChI is InChI=1S/C13H27NO3/c1-5-7-10-16-11-8-9-13(3,14-4)12(15)17-6-2/h14H,5-11H2,1-4H3. The molecule has 1 atom stereocenters. The molecule has 0 rings (SSSR count). The van der Waals surface area contributed by atoms with Crippen LogP contribution in [0.4, 0.5) is 0 Å². The average Bonchev–Trinajstić information content (AvgIpc) is 2.33. The third-order valence-electron chi connectivity index (χ3n) is 2.89. The molecule has 0 heterocycles. The van der Waals surface area contributed by atoms with Crippen LogP contribution in [0, 0.1) is 0 Å². The van der Waals surface area contributed by atoms with E-state index in [1.165, 1.54) is 0 Å². The van der Waals surface area contributed by atoms with Gasteiger partial charge in [0.05, 0.1) is 6.61 Å². The van der Waals surface area contributed by atoms with Crippen molar-refractivity contribution in [2.24, 2.45) is 0 Å². The number of nitrogens with one attached hydrogen (secondary N) is 1. The van der Waals surface area contributed by atoms with Crippen molar-refractivity contribution in [3.8, 4) is 0 Å². The van der Waals surface area contributed by atoms with Gasteiger partial charge in [-0.2, -0.15) is 0 Å². The first-order valence-electron chi connectivity index (χ1n) is 6.54. The predicted molar refractivity (Wildman–Crippen MR) is 69.1 cm³/mol. The Balaban J connectivity index is 3.83. The number of carbonyl (C=O) groups is 1. The number of carbonyl (C=O) groups excluding carboxylic acids is 1. The Morgan fingerprint density at radius 2 is 1.88 bits per heavy atom. The van der Waals surface area contributed by atoms with Crippen molar-refractivity contribution in [3.05, 3.63) is 0 Å². The van der Waals surface area contributed by atoms with Gasteiger partial charge in [-0.3, -0.25) is 4.79 Å². The quantitative estimate of drug-likeness (QED) is 0.473. The van der Waals surface area contributed by atoms with Gasteiger partial charge in [0.1, 0.15) is 5.54 Å². The smallest absolute Gasteiger partial charge is 0.326 e. The first-order valence-corrected chi connectivity index (χ1v) is 6.54. The van der Waals surface area contributed by atoms with E-state index in [0.29, 0.717) is 13.2 Å². The van der Waals surface area contributed by atoms with E-state index >= 15 is 0 Å². The second-order valence-corrected chi connectivity index (χ2v) is 4.37. The lowest BCUT2D eigenvalue weighted by atomic mass is 9.96. The van der Waals surface area contributed by atoms with Crippen molar-refractivity contribution in [2.45, 2.75) is 52.0 Å². The molecule has 0 spiro atoms. The largest absolute Gasteiger partial charge is 0.465 e. The number of rotatable bonds is 10. The van der Waals surface area contributed by atoms with Crippen LogP contribution in [0.15, 0.2) is 0 Å². The van der Waals surface area contributed by atoms with E-state index in [-0.39, 0.29) is 5.97 Å². The molecule has 0 bridgehead atoms. The van der Waals surface area contributed by atoms with E-state index in [1.54, 1.807) is 7.05 Å². The van der Waals surface area contributed by atoms with E-state index < -0.39 is 5.54 Å². The molecular weight excluding hydrogens is 218 g/mol. The lowest BCUT2D eigenvalue weighted by molar-refractivity contribution is -0.150. The Morgan fingerprint density at radius 3 is 2.41 bits per heavy atom. The summed E-state index contributed by atoms with van der Waals surface area (Å²) in [6, 6.07) is 0. The zero-order valence-electron chi connectivity index (χ0n) is 11.7. The Bertz CT molecular complexity index is 209. The van der Waals surface area contributed by atoms with Crippen LogP contribution >= 0.6 is 0 Å². The SMILES string of the molecule is CCCCOCCCC(C)(NC)C(=O)OCC. The molecule has 0 aromatic rings. The molecule has 0 aliphatic carbocycles. The summed E-state index contributed by atoms with van der Waals surface area (Å²) in [7, 11) is 1.79. The van der Waals surface area contributed by atoms with Gasteiger partial charge in [-0.15, -0.1) is 0 Å². The molecule has 0 aromatic heterocycles. The molecule has 4 nitrogen and oxygen atoms in total. The van der Waals surface area contributed by atoms with Crippen molar-refractivity contribution in [1.82, 2.24) is 5.32 Å². The third-order valence-corrected chi connectivity index (χ3v) is 2.89. The summed E-state index contributed by atoms with van der Waals surface area (Å²) in [6.45, 7) is 7.77. The Morgan fingerprint density at radius 1 is 1.24 bits per heavy atom. The van der Waals surface area contributed by atoms with Gasteiger partial charge in [-0.25, -0.2) is 0 Å². The second kappa shape index (κ2) is 9.42. The van der Waals surface area contributed by atoms with Crippen LogP contribution in [0.5, 0.6) is 0 Å². The predicted octanol–water partition coefficient (Wildman–Crippen LogP) is 2.12. The zero-order valence-corrected chi connectivity index (χ0v) is 11.7. The van der Waals surface area contributed by atoms with Crippen molar-refractivity contribution < 1.29 is 14.3 Å². The Kier molecular flexibility index (Phi) is 9.09. The van der Waals surface area contributed by atoms with Crippen LogP contribution < -0.4 is 5.32 Å². The van der Waals surface area contributed by atoms with Gasteiger partial charge in [-0.1, -0.05) is 13.3 Å². The van der Waals surface area contributed by atoms with Crippen LogP contribution in [0.2, 0.25) is 0 Å². The minimum Gasteiger partial charge on any atom is -0.465 e. The fourth-order valence-electron chi connectivity index (χ4n) is 1.50. The van der Waals surface area contributed by atoms with Crippen molar-refractivity contribution in [1.29, 1.82) is 0 Å². The maximum atomic E-state index is 11.7. The van der Waals surface area contributed by atoms with Gasteiger partial charge in [0.15, 0.2) is 0 Å². The molecule has 0 radical (unpaired) electrons. The van der Waals surface area contributed by atoms with E-state index in [9.17, 15) is 4.79 Å². The molecule has 0 amide bonds. The normalized spacial score (nSPS) is 14.4. The summed E-state index contributed by atoms with van der Waals surface area (Å²) >= 11 is 0. The Labute approximate surface area is 105 Å². The van der Waals surface area contributed by atoms with Crippen LogP contribution in [0.25, 0.3) is 0 Å². The van der Waals surface area contributed by atoms with Crippen molar-refractivity contribution >= 4 is 5.97 Å². The Hall–Kier alpha value is -0.610. The highest BCUT2D eigenvalue weighted by Crippen LogP contribution is 2.14. The first kappa shape index (κ1) is 16.4. The molecule has 1 unspecified atom stereocenters. The van der Waals surface area contributed by atoms with Crippen LogP contribution in [0.3, 0.4) is 0 Å². The number of hydrogen-bond donors (Lipinski definition) is 1. The number of likely N-dealkylation sites (N-methyl/N-ethyl adjacent to an activating group) is 1. The fraction of sp³-hybridized carbons (Fsp3) is 0.923. The lowest BCUT2D eigenvalue weighted by Gasteiger charge is -2.26. The maximum Gasteiger partial charge on any atom is 0.326 e. The molecular formula is C13H27NO3. The highest BCUT2D eigenvalue weighted by atomic mass is 16.5. The van der Waals surface area contributed by atoms with Crippen LogP contribution in [-0.4, -0.2) is 38.4 Å². The minimum atomic E-state index is -0.593. The molecule has 0 fully saturated rings. The summed E-state index contributed by atoms with van der Waals surface area (Å²) in [5.41, 5.74) is -0.593. The van der Waals surface area contributed by atoms with E-state index in [2.05, 4.69) is 12.2 Å². The van der Waals surface area contributed by atoms with Crippen LogP contribution in [0.1, 0.15) is 46.5 Å². The van der Waals surface area contributed by atoms with Gasteiger partial charge in [0, 0.05) is 13.2 Å². The molecule has 0 aliphatic heterocycles. The molecule has 0 saturated carbocycles. The number of esters is 1. The van der Waals surface area contributed by atoms with E-state index in [1.807, 2.05) is 13.8 Å². The van der Waals surface area contributed by atoms with Gasteiger partial charge in [0.25, 0.3) is 0 Å². The number of ether oxygens (including phenoxy) is 2. The van der Waals surface area contributed by atoms with Crippen LogP contribution in [-0.2, 0) is 14.3 Å². The van der Waals surface area contributed by atoms with Gasteiger partial charge in [-0.05, 0) is 40.2 Å². The average molecular weight is 245 g/mol. The highest BCUT2D eigenvalue weighted by Gasteiger charge is 2.32. The van der Waals surface area contributed by atoms with Crippen molar-refractivity contribution in [3.63, 3.8) is 0 Å². The van der Waals surface area contributed by atoms with Crippen molar-refractivity contribution in [2.75, 3.05) is 26.9 Å². The monoisotopic (exact) mass is 245 g/mol. The number of unbranched alkanes of at least 4 members (excludes halogenated alkanes) is 1. The lowest BCUT2D eigenvalue weighted by Crippen LogP contribution is -2.48. The molecule has 0 aromatic carbocycles.